The van der Waals surface area contributed by atoms with E-state index in [1.54, 1.807) is 0 Å². The van der Waals surface area contributed by atoms with Crippen LogP contribution in [0.15, 0.2) is 24.3 Å². The zero-order chi connectivity index (χ0) is 19.8. The highest BCUT2D eigenvalue weighted by Gasteiger charge is 2.35. The highest BCUT2D eigenvalue weighted by Crippen LogP contribution is 2.38. The van der Waals surface area contributed by atoms with Crippen LogP contribution in [0.3, 0.4) is 0 Å². The van der Waals surface area contributed by atoms with Crippen molar-refractivity contribution in [3.05, 3.63) is 29.8 Å². The number of hydrogen-bond donors (Lipinski definition) is 1. The van der Waals surface area contributed by atoms with Crippen LogP contribution >= 0.6 is 7.92 Å². The van der Waals surface area contributed by atoms with E-state index >= 15 is 0 Å². The molecule has 3 heteroatoms. The van der Waals surface area contributed by atoms with E-state index in [1.165, 1.54) is 18.1 Å². The van der Waals surface area contributed by atoms with Crippen molar-refractivity contribution in [3.63, 3.8) is 0 Å². The predicted molar refractivity (Wildman–Crippen MR) is 118 cm³/mol. The Bertz CT molecular complexity index is 614. The minimum Gasteiger partial charge on any atom is -0.490 e. The summed E-state index contributed by atoms with van der Waals surface area (Å²) in [6.07, 6.45) is 6.38. The third kappa shape index (κ3) is 7.48. The molecule has 1 N–H and O–H groups in total. The molecule has 1 aromatic rings. The minimum atomic E-state index is -0.257. The standard InChI is InChI=1S/C24H37O2P/c1-6-7-13-27(5)14-12-21-16-23(25)19(4)24(17-21)26-22-10-8-20(9-11-22)15-18(2)3/h8-11,18-19,21,23-25H,12-17H2,1-5H3. The van der Waals surface area contributed by atoms with Crippen molar-refractivity contribution in [2.24, 2.45) is 17.8 Å². The lowest BCUT2D eigenvalue weighted by molar-refractivity contribution is -0.0252. The highest BCUT2D eigenvalue weighted by atomic mass is 31.1. The van der Waals surface area contributed by atoms with Crippen LogP contribution in [-0.2, 0) is 6.42 Å². The summed E-state index contributed by atoms with van der Waals surface area (Å²) >= 11 is 0. The molecule has 5 unspecified atom stereocenters. The first kappa shape index (κ1) is 22.3. The molecule has 1 aliphatic rings. The molecule has 27 heavy (non-hydrogen) atoms. The van der Waals surface area contributed by atoms with Crippen LogP contribution in [0.5, 0.6) is 5.75 Å². The summed E-state index contributed by atoms with van der Waals surface area (Å²) in [5.41, 5.74) is 1.36. The van der Waals surface area contributed by atoms with Crippen LogP contribution in [0, 0.1) is 29.6 Å². The molecule has 0 spiro atoms. The molecular formula is C24H37O2P. The Hall–Kier alpha value is -1.03. The lowest BCUT2D eigenvalue weighted by atomic mass is 9.77. The maximum absolute atomic E-state index is 10.5. The molecule has 0 bridgehead atoms. The second-order valence-corrected chi connectivity index (χ2v) is 11.1. The largest absolute Gasteiger partial charge is 0.490 e. The van der Waals surface area contributed by atoms with Gasteiger partial charge in [-0.05, 0) is 75.0 Å². The summed E-state index contributed by atoms with van der Waals surface area (Å²) in [6.45, 7) is 10.9. The Morgan fingerprint density at radius 2 is 1.93 bits per heavy atom. The van der Waals surface area contributed by atoms with Gasteiger partial charge in [-0.1, -0.05) is 46.7 Å². The smallest absolute Gasteiger partial charge is 0.119 e. The third-order valence-electron chi connectivity index (χ3n) is 5.63. The van der Waals surface area contributed by atoms with Crippen molar-refractivity contribution in [2.75, 3.05) is 19.0 Å². The molecule has 0 radical (unpaired) electrons. The van der Waals surface area contributed by atoms with Crippen molar-refractivity contribution in [3.8, 4) is 17.6 Å². The topological polar surface area (TPSA) is 29.5 Å². The molecule has 2 nitrogen and oxygen atoms in total. The zero-order valence-corrected chi connectivity index (χ0v) is 18.6. The van der Waals surface area contributed by atoms with Crippen molar-refractivity contribution in [1.82, 2.24) is 0 Å². The zero-order valence-electron chi connectivity index (χ0n) is 17.7. The maximum Gasteiger partial charge on any atom is 0.119 e. The van der Waals surface area contributed by atoms with Gasteiger partial charge in [0.1, 0.15) is 11.9 Å². The average molecular weight is 389 g/mol. The lowest BCUT2D eigenvalue weighted by Gasteiger charge is -2.38. The third-order valence-corrected chi connectivity index (χ3v) is 7.35. The molecule has 0 aliphatic heterocycles. The number of hydrogen-bond acceptors (Lipinski definition) is 2. The molecule has 0 amide bonds. The average Bonchev–Trinajstić information content (AvgIpc) is 2.63. The van der Waals surface area contributed by atoms with Crippen LogP contribution in [0.1, 0.15) is 52.5 Å². The Balaban J connectivity index is 1.91. The molecule has 1 aliphatic carbocycles. The fourth-order valence-electron chi connectivity index (χ4n) is 3.88. The molecule has 2 rings (SSSR count). The van der Waals surface area contributed by atoms with E-state index < -0.39 is 0 Å². The van der Waals surface area contributed by atoms with Crippen LogP contribution in [0.2, 0.25) is 0 Å². The summed E-state index contributed by atoms with van der Waals surface area (Å²) in [5, 5.41) is 10.5. The summed E-state index contributed by atoms with van der Waals surface area (Å²) in [7, 11) is -0.00624. The number of aliphatic hydroxyl groups excluding tert-OH is 1. The quantitative estimate of drug-likeness (QED) is 0.466. The first-order valence-electron chi connectivity index (χ1n) is 10.4. The van der Waals surface area contributed by atoms with Crippen molar-refractivity contribution < 1.29 is 9.84 Å². The summed E-state index contributed by atoms with van der Waals surface area (Å²) < 4.78 is 6.32. The van der Waals surface area contributed by atoms with Crippen LogP contribution in [-0.4, -0.2) is 36.3 Å². The van der Waals surface area contributed by atoms with E-state index in [9.17, 15) is 5.11 Å². The van der Waals surface area contributed by atoms with Crippen LogP contribution in [0.25, 0.3) is 0 Å². The summed E-state index contributed by atoms with van der Waals surface area (Å²) in [4.78, 5) is 0. The molecule has 0 heterocycles. The van der Waals surface area contributed by atoms with E-state index in [0.717, 1.165) is 31.2 Å². The van der Waals surface area contributed by atoms with Gasteiger partial charge in [0.25, 0.3) is 0 Å². The Labute approximate surface area is 167 Å². The van der Waals surface area contributed by atoms with Crippen LogP contribution < -0.4 is 4.74 Å². The molecule has 150 valence electrons. The van der Waals surface area contributed by atoms with Gasteiger partial charge in [-0.2, -0.15) is 0 Å². The normalized spacial score (nSPS) is 26.3. The van der Waals surface area contributed by atoms with E-state index in [4.69, 9.17) is 4.74 Å². The number of ether oxygens (including phenoxy) is 1. The number of aliphatic hydroxyl groups is 1. The van der Waals surface area contributed by atoms with E-state index in [1.807, 2.05) is 6.92 Å². The number of benzene rings is 1. The molecule has 5 atom stereocenters. The highest BCUT2D eigenvalue weighted by molar-refractivity contribution is 7.57. The molecule has 1 fully saturated rings. The molecule has 0 saturated heterocycles. The van der Waals surface area contributed by atoms with Gasteiger partial charge in [0.05, 0.1) is 6.10 Å². The van der Waals surface area contributed by atoms with Crippen molar-refractivity contribution in [2.45, 2.75) is 65.6 Å². The Kier molecular flexibility index (Phi) is 9.14. The van der Waals surface area contributed by atoms with E-state index in [2.05, 4.69) is 63.5 Å². The fraction of sp³-hybridized carbons (Fsp3) is 0.667. The monoisotopic (exact) mass is 388 g/mol. The molecular weight excluding hydrogens is 351 g/mol. The van der Waals surface area contributed by atoms with Gasteiger partial charge in [-0.3, -0.25) is 0 Å². The first-order valence-corrected chi connectivity index (χ1v) is 12.6. The second kappa shape index (κ2) is 11.1. The summed E-state index contributed by atoms with van der Waals surface area (Å²) in [5.74, 6) is 8.56. The van der Waals surface area contributed by atoms with Gasteiger partial charge in [0.2, 0.25) is 0 Å². The van der Waals surface area contributed by atoms with Gasteiger partial charge < -0.3 is 9.84 Å². The Morgan fingerprint density at radius 1 is 1.22 bits per heavy atom. The van der Waals surface area contributed by atoms with Crippen molar-refractivity contribution in [1.29, 1.82) is 0 Å². The first-order chi connectivity index (χ1) is 12.9. The van der Waals surface area contributed by atoms with Gasteiger partial charge in [-0.15, -0.1) is 5.92 Å². The van der Waals surface area contributed by atoms with Crippen LogP contribution in [0.4, 0.5) is 0 Å². The Morgan fingerprint density at radius 3 is 2.56 bits per heavy atom. The number of rotatable bonds is 8. The minimum absolute atomic E-state index is 0.00624. The molecule has 1 saturated carbocycles. The lowest BCUT2D eigenvalue weighted by Crippen LogP contribution is -2.41. The van der Waals surface area contributed by atoms with Gasteiger partial charge in [-0.25, -0.2) is 0 Å². The predicted octanol–water partition coefficient (Wildman–Crippen LogP) is 5.56. The molecule has 0 aromatic heterocycles. The fourth-order valence-corrected chi connectivity index (χ4v) is 5.27. The van der Waals surface area contributed by atoms with Gasteiger partial charge >= 0.3 is 0 Å². The maximum atomic E-state index is 10.5. The van der Waals surface area contributed by atoms with Gasteiger partial charge in [0.15, 0.2) is 0 Å². The molecule has 1 aromatic carbocycles. The van der Waals surface area contributed by atoms with E-state index in [-0.39, 0.29) is 26.0 Å². The second-order valence-electron chi connectivity index (χ2n) is 8.62. The van der Waals surface area contributed by atoms with Crippen molar-refractivity contribution >= 4 is 7.92 Å². The van der Waals surface area contributed by atoms with Gasteiger partial charge in [0, 0.05) is 12.1 Å². The summed E-state index contributed by atoms with van der Waals surface area (Å²) in [6, 6.07) is 8.54. The van der Waals surface area contributed by atoms with E-state index in [0.29, 0.717) is 11.8 Å². The SMILES string of the molecule is CC#CCP(C)CCC1CC(O)C(C)C(Oc2ccc(CC(C)C)cc2)C1.